The predicted octanol–water partition coefficient (Wildman–Crippen LogP) is 5.88. The van der Waals surface area contributed by atoms with Gasteiger partial charge in [0.15, 0.2) is 0 Å². The number of hydrogen-bond donors (Lipinski definition) is 0. The minimum atomic E-state index is -0.399. The quantitative estimate of drug-likeness (QED) is 0.226. The first-order chi connectivity index (χ1) is 13.6. The van der Waals surface area contributed by atoms with Crippen LogP contribution in [-0.4, -0.2) is 35.1 Å². The summed E-state index contributed by atoms with van der Waals surface area (Å²) >= 11 is 0. The van der Waals surface area contributed by atoms with Crippen molar-refractivity contribution in [2.45, 2.75) is 83.6 Å². The molecule has 1 aromatic rings. The highest BCUT2D eigenvalue weighted by atomic mass is 16.6. The van der Waals surface area contributed by atoms with E-state index >= 15 is 0 Å². The van der Waals surface area contributed by atoms with Crippen LogP contribution in [0.5, 0.6) is 0 Å². The van der Waals surface area contributed by atoms with Gasteiger partial charge in [0, 0.05) is 18.7 Å². The molecule has 1 amide bonds. The topological polar surface area (TPSA) is 72.7 Å². The lowest BCUT2D eigenvalue weighted by Crippen LogP contribution is -2.35. The van der Waals surface area contributed by atoms with Crippen LogP contribution in [0.4, 0.5) is 10.5 Å². The van der Waals surface area contributed by atoms with Crippen LogP contribution in [0.15, 0.2) is 24.3 Å². The Balaban J connectivity index is 1.64. The second-order valence-corrected chi connectivity index (χ2v) is 7.73. The number of ether oxygens (including phenoxy) is 1. The Hall–Kier alpha value is -2.11. The minimum Gasteiger partial charge on any atom is -0.447 e. The number of nitrogens with zero attached hydrogens (tertiary/aromatic N) is 2. The number of carbonyl (C=O) groups is 1. The van der Waals surface area contributed by atoms with Gasteiger partial charge in [-0.05, 0) is 18.4 Å². The van der Waals surface area contributed by atoms with E-state index in [1.54, 1.807) is 12.1 Å². The Morgan fingerprint density at radius 3 is 2.14 bits per heavy atom. The molecule has 1 heterocycles. The van der Waals surface area contributed by atoms with E-state index in [9.17, 15) is 14.9 Å². The number of cyclic esters (lactones) is 1. The molecule has 1 fully saturated rings. The Bertz CT molecular complexity index is 603. The molecule has 0 bridgehead atoms. The third kappa shape index (κ3) is 7.49. The third-order valence-electron chi connectivity index (χ3n) is 5.45. The van der Waals surface area contributed by atoms with E-state index in [4.69, 9.17) is 4.74 Å². The summed E-state index contributed by atoms with van der Waals surface area (Å²) in [6, 6.07) is 6.57. The van der Waals surface area contributed by atoms with Gasteiger partial charge < -0.3 is 9.64 Å². The molecule has 6 heteroatoms. The first-order valence-electron chi connectivity index (χ1n) is 10.8. The average Bonchev–Trinajstić information content (AvgIpc) is 3.03. The normalized spacial score (nSPS) is 16.4. The number of carbonyl (C=O) groups excluding carboxylic acids is 1. The van der Waals surface area contributed by atoms with Crippen molar-refractivity contribution >= 4 is 11.8 Å². The summed E-state index contributed by atoms with van der Waals surface area (Å²) in [6.45, 7) is 3.37. The van der Waals surface area contributed by atoms with Gasteiger partial charge in [-0.25, -0.2) is 4.79 Å². The number of hydrogen-bond acceptors (Lipinski definition) is 4. The molecule has 0 saturated carbocycles. The summed E-state index contributed by atoms with van der Waals surface area (Å²) in [7, 11) is 0. The van der Waals surface area contributed by atoms with Gasteiger partial charge in [-0.15, -0.1) is 0 Å². The zero-order valence-corrected chi connectivity index (χ0v) is 17.1. The number of rotatable bonds is 14. The maximum atomic E-state index is 12.0. The molecule has 0 aliphatic carbocycles. The monoisotopic (exact) mass is 390 g/mol. The van der Waals surface area contributed by atoms with Crippen molar-refractivity contribution in [3.8, 4) is 0 Å². The molecule has 28 heavy (non-hydrogen) atoms. The van der Waals surface area contributed by atoms with Gasteiger partial charge in [0.2, 0.25) is 0 Å². The van der Waals surface area contributed by atoms with Gasteiger partial charge in [-0.2, -0.15) is 0 Å². The lowest BCUT2D eigenvalue weighted by Gasteiger charge is -2.21. The van der Waals surface area contributed by atoms with Crippen LogP contribution in [-0.2, 0) is 11.2 Å². The first-order valence-corrected chi connectivity index (χ1v) is 10.8. The summed E-state index contributed by atoms with van der Waals surface area (Å²) in [5, 5.41) is 10.8. The second-order valence-electron chi connectivity index (χ2n) is 7.73. The highest BCUT2D eigenvalue weighted by Gasteiger charge is 2.32. The average molecular weight is 391 g/mol. The molecule has 2 rings (SSSR count). The molecule has 1 aliphatic rings. The fraction of sp³-hybridized carbons (Fsp3) is 0.682. The van der Waals surface area contributed by atoms with Gasteiger partial charge in [-0.1, -0.05) is 76.8 Å². The Labute approximate surface area is 168 Å². The molecule has 156 valence electrons. The highest BCUT2D eigenvalue weighted by molar-refractivity contribution is 5.70. The fourth-order valence-electron chi connectivity index (χ4n) is 3.73. The number of non-ortho nitro benzene ring substituents is 1. The number of unbranched alkanes of at least 4 members (excludes halogenated alkanes) is 9. The van der Waals surface area contributed by atoms with E-state index < -0.39 is 4.92 Å². The molecule has 1 atom stereocenters. The molecule has 1 aromatic carbocycles. The zero-order chi connectivity index (χ0) is 20.2. The molecule has 1 saturated heterocycles. The van der Waals surface area contributed by atoms with Crippen LogP contribution in [0.3, 0.4) is 0 Å². The first kappa shape index (κ1) is 22.2. The van der Waals surface area contributed by atoms with Crippen molar-refractivity contribution < 1.29 is 14.5 Å². The van der Waals surface area contributed by atoms with Crippen molar-refractivity contribution in [3.05, 3.63) is 39.9 Å². The smallest absolute Gasteiger partial charge is 0.410 e. The van der Waals surface area contributed by atoms with Crippen LogP contribution < -0.4 is 0 Å². The van der Waals surface area contributed by atoms with Crippen molar-refractivity contribution in [1.82, 2.24) is 4.90 Å². The van der Waals surface area contributed by atoms with E-state index in [1.165, 1.54) is 63.5 Å². The maximum Gasteiger partial charge on any atom is 0.410 e. The van der Waals surface area contributed by atoms with Crippen molar-refractivity contribution in [3.63, 3.8) is 0 Å². The van der Waals surface area contributed by atoms with Gasteiger partial charge in [0.25, 0.3) is 5.69 Å². The summed E-state index contributed by atoms with van der Waals surface area (Å²) in [5.74, 6) is 0. The molecule has 0 spiro atoms. The van der Waals surface area contributed by atoms with Gasteiger partial charge in [0.05, 0.1) is 11.0 Å². The standard InChI is InChI=1S/C22H34N2O4/c1-2-3-4-5-6-7-8-9-10-11-16-23-21(18-28-22(23)25)17-19-12-14-20(15-13-19)24(26)27/h12-15,21H,2-11,16-18H2,1H3. The van der Waals surface area contributed by atoms with Gasteiger partial charge >= 0.3 is 6.09 Å². The molecular weight excluding hydrogens is 356 g/mol. The van der Waals surface area contributed by atoms with Crippen LogP contribution in [0.2, 0.25) is 0 Å². The zero-order valence-electron chi connectivity index (χ0n) is 17.1. The van der Waals surface area contributed by atoms with Crippen LogP contribution in [0.1, 0.15) is 76.7 Å². The number of benzene rings is 1. The summed E-state index contributed by atoms with van der Waals surface area (Å²) in [4.78, 5) is 24.2. The Morgan fingerprint density at radius 2 is 1.57 bits per heavy atom. The molecular formula is C22H34N2O4. The van der Waals surface area contributed by atoms with E-state index in [1.807, 2.05) is 4.90 Å². The minimum absolute atomic E-state index is 0.0209. The lowest BCUT2D eigenvalue weighted by atomic mass is 10.0. The van der Waals surface area contributed by atoms with Crippen molar-refractivity contribution in [2.24, 2.45) is 0 Å². The molecule has 6 nitrogen and oxygen atoms in total. The number of nitro groups is 1. The SMILES string of the molecule is CCCCCCCCCCCCN1C(=O)OCC1Cc1ccc([N+](=O)[O-])cc1. The second kappa shape index (κ2) is 12.4. The summed E-state index contributed by atoms with van der Waals surface area (Å²) < 4.78 is 5.23. The van der Waals surface area contributed by atoms with E-state index in [-0.39, 0.29) is 17.8 Å². The van der Waals surface area contributed by atoms with Crippen molar-refractivity contribution in [1.29, 1.82) is 0 Å². The van der Waals surface area contributed by atoms with Crippen LogP contribution in [0.25, 0.3) is 0 Å². The molecule has 0 aromatic heterocycles. The van der Waals surface area contributed by atoms with E-state index in [0.29, 0.717) is 13.0 Å². The number of nitro benzene ring substituents is 1. The summed E-state index contributed by atoms with van der Waals surface area (Å²) in [5.41, 5.74) is 1.08. The lowest BCUT2D eigenvalue weighted by molar-refractivity contribution is -0.384. The third-order valence-corrected chi connectivity index (χ3v) is 5.45. The predicted molar refractivity (Wildman–Crippen MR) is 110 cm³/mol. The molecule has 0 radical (unpaired) electrons. The summed E-state index contributed by atoms with van der Waals surface area (Å²) in [6.07, 6.45) is 13.1. The van der Waals surface area contributed by atoms with Crippen LogP contribution in [0, 0.1) is 10.1 Å². The van der Waals surface area contributed by atoms with Crippen LogP contribution >= 0.6 is 0 Å². The Kier molecular flexibility index (Phi) is 9.80. The highest BCUT2D eigenvalue weighted by Crippen LogP contribution is 2.20. The molecule has 1 aliphatic heterocycles. The molecule has 0 N–H and O–H groups in total. The number of amides is 1. The van der Waals surface area contributed by atoms with E-state index in [2.05, 4.69) is 6.92 Å². The fourth-order valence-corrected chi connectivity index (χ4v) is 3.73. The van der Waals surface area contributed by atoms with Gasteiger partial charge in [-0.3, -0.25) is 10.1 Å². The largest absolute Gasteiger partial charge is 0.447 e. The molecule has 1 unspecified atom stereocenters. The maximum absolute atomic E-state index is 12.0. The van der Waals surface area contributed by atoms with Gasteiger partial charge in [0.1, 0.15) is 6.61 Å². The van der Waals surface area contributed by atoms with E-state index in [0.717, 1.165) is 24.9 Å². The Morgan fingerprint density at radius 1 is 1.00 bits per heavy atom. The van der Waals surface area contributed by atoms with Crippen molar-refractivity contribution in [2.75, 3.05) is 13.2 Å².